The van der Waals surface area contributed by atoms with Crippen LogP contribution in [0.15, 0.2) is 24.3 Å². The lowest BCUT2D eigenvalue weighted by Crippen LogP contribution is -2.46. The standard InChI is InChI=1S/C26H35N3O5/c1-33-21-14-9-15-22(34-2)24(21)20-16-23(27-29(20)19-12-7-4-8-13-19)28(17-30)25(26(31)32)18-10-5-3-6-11-18/h9,14-19,25H,3-8,10-13H2,1-2H3,(H,31,32). The van der Waals surface area contributed by atoms with Gasteiger partial charge in [-0.2, -0.15) is 5.10 Å². The highest BCUT2D eigenvalue weighted by molar-refractivity contribution is 5.89. The summed E-state index contributed by atoms with van der Waals surface area (Å²) < 4.78 is 13.3. The van der Waals surface area contributed by atoms with Crippen molar-refractivity contribution in [1.29, 1.82) is 0 Å². The Kier molecular flexibility index (Phi) is 7.75. The molecule has 0 bridgehead atoms. The maximum atomic E-state index is 12.4. The van der Waals surface area contributed by atoms with Crippen LogP contribution in [0.4, 0.5) is 5.82 Å². The van der Waals surface area contributed by atoms with Crippen molar-refractivity contribution >= 4 is 18.2 Å². The summed E-state index contributed by atoms with van der Waals surface area (Å²) in [4.78, 5) is 26.0. The molecule has 4 rings (SSSR count). The number of carbonyl (C=O) groups excluding carboxylic acids is 1. The molecular formula is C26H35N3O5. The molecule has 1 aromatic heterocycles. The topological polar surface area (TPSA) is 93.9 Å². The van der Waals surface area contributed by atoms with Gasteiger partial charge in [0.15, 0.2) is 5.82 Å². The number of methoxy groups -OCH3 is 2. The first kappa shape index (κ1) is 24.1. The molecule has 0 saturated heterocycles. The molecule has 34 heavy (non-hydrogen) atoms. The molecule has 2 aliphatic rings. The Hall–Kier alpha value is -3.03. The molecule has 8 heteroatoms. The summed E-state index contributed by atoms with van der Waals surface area (Å²) in [6.45, 7) is 0. The van der Waals surface area contributed by atoms with Crippen LogP contribution in [-0.4, -0.2) is 47.5 Å². The molecule has 1 amide bonds. The third kappa shape index (κ3) is 4.76. The second kappa shape index (κ2) is 10.9. The van der Waals surface area contributed by atoms with Crippen LogP contribution in [0.3, 0.4) is 0 Å². The van der Waals surface area contributed by atoms with Crippen molar-refractivity contribution in [3.8, 4) is 22.8 Å². The molecule has 1 heterocycles. The largest absolute Gasteiger partial charge is 0.496 e. The molecule has 2 aliphatic carbocycles. The predicted octanol–water partition coefficient (Wildman–Crippen LogP) is 5.07. The van der Waals surface area contributed by atoms with Gasteiger partial charge in [-0.05, 0) is 43.7 Å². The minimum atomic E-state index is -0.984. The number of anilines is 1. The Labute approximate surface area is 200 Å². The Balaban J connectivity index is 1.83. The fourth-order valence-corrected chi connectivity index (χ4v) is 5.66. The Bertz CT molecular complexity index is 970. The molecule has 8 nitrogen and oxygen atoms in total. The van der Waals surface area contributed by atoms with Gasteiger partial charge in [0, 0.05) is 6.07 Å². The molecule has 1 aromatic carbocycles. The summed E-state index contributed by atoms with van der Waals surface area (Å²) in [5, 5.41) is 15.0. The lowest BCUT2D eigenvalue weighted by Gasteiger charge is -2.32. The fraction of sp³-hybridized carbons (Fsp3) is 0.577. The number of carboxylic acid groups (broad SMARTS) is 1. The van der Waals surface area contributed by atoms with Gasteiger partial charge < -0.3 is 14.6 Å². The molecule has 2 saturated carbocycles. The summed E-state index contributed by atoms with van der Waals surface area (Å²) in [5.41, 5.74) is 1.53. The van der Waals surface area contributed by atoms with Gasteiger partial charge in [-0.15, -0.1) is 0 Å². The van der Waals surface area contributed by atoms with Crippen LogP contribution in [0.1, 0.15) is 70.3 Å². The van der Waals surface area contributed by atoms with Crippen LogP contribution >= 0.6 is 0 Å². The Morgan fingerprint density at radius 3 is 2.18 bits per heavy atom. The normalized spacial score (nSPS) is 18.3. The molecule has 2 fully saturated rings. The zero-order valence-electron chi connectivity index (χ0n) is 20.1. The van der Waals surface area contributed by atoms with Crippen molar-refractivity contribution < 1.29 is 24.2 Å². The van der Waals surface area contributed by atoms with Crippen LogP contribution in [0.25, 0.3) is 11.3 Å². The van der Waals surface area contributed by atoms with E-state index >= 15 is 0 Å². The summed E-state index contributed by atoms with van der Waals surface area (Å²) >= 11 is 0. The van der Waals surface area contributed by atoms with Gasteiger partial charge in [-0.3, -0.25) is 14.4 Å². The van der Waals surface area contributed by atoms with Gasteiger partial charge in [-0.25, -0.2) is 4.79 Å². The third-order valence-electron chi connectivity index (χ3n) is 7.35. The first-order chi connectivity index (χ1) is 16.6. The quantitative estimate of drug-likeness (QED) is 0.516. The molecule has 1 N–H and O–H groups in total. The maximum Gasteiger partial charge on any atom is 0.327 e. The van der Waals surface area contributed by atoms with Crippen molar-refractivity contribution in [2.24, 2.45) is 5.92 Å². The lowest BCUT2D eigenvalue weighted by molar-refractivity contribution is -0.141. The number of ether oxygens (including phenoxy) is 2. The van der Waals surface area contributed by atoms with Crippen molar-refractivity contribution in [2.75, 3.05) is 19.1 Å². The first-order valence-electron chi connectivity index (χ1n) is 12.4. The highest BCUT2D eigenvalue weighted by Crippen LogP contribution is 2.43. The van der Waals surface area contributed by atoms with Crippen molar-refractivity contribution in [3.63, 3.8) is 0 Å². The SMILES string of the molecule is COc1cccc(OC)c1-c1cc(N(C=O)C(C(=O)O)C2CCCCC2)nn1C1CCCCC1. The Morgan fingerprint density at radius 1 is 1.06 bits per heavy atom. The van der Waals surface area contributed by atoms with E-state index < -0.39 is 12.0 Å². The number of hydrogen-bond donors (Lipinski definition) is 1. The number of amides is 1. The smallest absolute Gasteiger partial charge is 0.327 e. The number of aliphatic carboxylic acids is 1. The predicted molar refractivity (Wildman–Crippen MR) is 129 cm³/mol. The minimum Gasteiger partial charge on any atom is -0.496 e. The van der Waals surface area contributed by atoms with Gasteiger partial charge in [0.2, 0.25) is 6.41 Å². The average molecular weight is 470 g/mol. The van der Waals surface area contributed by atoms with Crippen molar-refractivity contribution in [2.45, 2.75) is 76.3 Å². The number of rotatable bonds is 9. The number of nitrogens with zero attached hydrogens (tertiary/aromatic N) is 3. The van der Waals surface area contributed by atoms with E-state index in [-0.39, 0.29) is 12.0 Å². The molecule has 1 unspecified atom stereocenters. The molecule has 0 radical (unpaired) electrons. The van der Waals surface area contributed by atoms with Crippen molar-refractivity contribution in [1.82, 2.24) is 9.78 Å². The summed E-state index contributed by atoms with van der Waals surface area (Å²) in [6, 6.07) is 6.66. The first-order valence-corrected chi connectivity index (χ1v) is 12.4. The zero-order chi connectivity index (χ0) is 24.1. The minimum absolute atomic E-state index is 0.0828. The molecule has 1 atom stereocenters. The van der Waals surface area contributed by atoms with Crippen LogP contribution in [0.2, 0.25) is 0 Å². The van der Waals surface area contributed by atoms with Crippen LogP contribution in [-0.2, 0) is 9.59 Å². The summed E-state index contributed by atoms with van der Waals surface area (Å²) in [7, 11) is 3.23. The third-order valence-corrected chi connectivity index (χ3v) is 7.35. The van der Waals surface area contributed by atoms with Crippen LogP contribution < -0.4 is 14.4 Å². The van der Waals surface area contributed by atoms with E-state index in [0.29, 0.717) is 23.7 Å². The second-order valence-electron chi connectivity index (χ2n) is 9.36. The van der Waals surface area contributed by atoms with Crippen molar-refractivity contribution in [3.05, 3.63) is 24.3 Å². The number of carbonyl (C=O) groups is 2. The Morgan fingerprint density at radius 2 is 1.65 bits per heavy atom. The molecule has 2 aromatic rings. The molecule has 0 aliphatic heterocycles. The average Bonchev–Trinajstić information content (AvgIpc) is 3.32. The van der Waals surface area contributed by atoms with Gasteiger partial charge in [-0.1, -0.05) is 44.6 Å². The summed E-state index contributed by atoms with van der Waals surface area (Å²) in [5.74, 6) is 0.579. The number of benzene rings is 1. The van der Waals surface area contributed by atoms with Gasteiger partial charge >= 0.3 is 5.97 Å². The van der Waals surface area contributed by atoms with E-state index in [1.165, 1.54) is 11.3 Å². The highest BCUT2D eigenvalue weighted by atomic mass is 16.5. The van der Waals surface area contributed by atoms with E-state index in [4.69, 9.17) is 14.6 Å². The fourth-order valence-electron chi connectivity index (χ4n) is 5.66. The monoisotopic (exact) mass is 469 g/mol. The van der Waals surface area contributed by atoms with Gasteiger partial charge in [0.25, 0.3) is 0 Å². The number of hydrogen-bond acceptors (Lipinski definition) is 5. The van der Waals surface area contributed by atoms with E-state index in [1.807, 2.05) is 28.9 Å². The lowest BCUT2D eigenvalue weighted by atomic mass is 9.83. The maximum absolute atomic E-state index is 12.4. The van der Waals surface area contributed by atoms with Crippen LogP contribution in [0.5, 0.6) is 11.5 Å². The molecule has 0 spiro atoms. The second-order valence-corrected chi connectivity index (χ2v) is 9.36. The number of aromatic nitrogens is 2. The van der Waals surface area contributed by atoms with E-state index in [2.05, 4.69) is 0 Å². The van der Waals surface area contributed by atoms with Gasteiger partial charge in [0.1, 0.15) is 17.5 Å². The van der Waals surface area contributed by atoms with Crippen LogP contribution in [0, 0.1) is 5.92 Å². The highest BCUT2D eigenvalue weighted by Gasteiger charge is 2.37. The molecular weight excluding hydrogens is 434 g/mol. The number of carboxylic acids is 1. The van der Waals surface area contributed by atoms with E-state index in [9.17, 15) is 14.7 Å². The van der Waals surface area contributed by atoms with E-state index in [0.717, 1.165) is 69.0 Å². The van der Waals surface area contributed by atoms with E-state index in [1.54, 1.807) is 14.2 Å². The zero-order valence-corrected chi connectivity index (χ0v) is 20.1. The van der Waals surface area contributed by atoms with Gasteiger partial charge in [0.05, 0.1) is 31.5 Å². The summed E-state index contributed by atoms with van der Waals surface area (Å²) in [6.07, 6.45) is 10.7. The molecule has 184 valence electrons.